The minimum absolute atomic E-state index is 0.671. The summed E-state index contributed by atoms with van der Waals surface area (Å²) in [5.41, 5.74) is 6.63. The van der Waals surface area contributed by atoms with E-state index in [9.17, 15) is 0 Å². The molecular weight excluding hydrogens is 577 g/mol. The Morgan fingerprint density at radius 3 is 1.43 bits per heavy atom. The molecular formula is C41H32N4Si. The minimum atomic E-state index is -2.37. The molecule has 46 heavy (non-hydrogen) atoms. The van der Waals surface area contributed by atoms with Gasteiger partial charge in [-0.3, -0.25) is 0 Å². The van der Waals surface area contributed by atoms with E-state index in [1.54, 1.807) is 0 Å². The first kappa shape index (κ1) is 27.9. The third kappa shape index (κ3) is 4.73. The van der Waals surface area contributed by atoms with E-state index in [0.717, 1.165) is 16.7 Å². The van der Waals surface area contributed by atoms with Gasteiger partial charge in [-0.05, 0) is 28.6 Å². The van der Waals surface area contributed by atoms with Gasteiger partial charge in [0, 0.05) is 33.2 Å². The average molecular weight is 609 g/mol. The predicted molar refractivity (Wildman–Crippen MR) is 194 cm³/mol. The third-order valence-electron chi connectivity index (χ3n) is 8.94. The smallest absolute Gasteiger partial charge is 0.164 e. The molecule has 4 nitrogen and oxygen atoms in total. The average Bonchev–Trinajstić information content (AvgIpc) is 3.46. The molecule has 0 aliphatic heterocycles. The molecule has 6 aromatic carbocycles. The van der Waals surface area contributed by atoms with Crippen molar-refractivity contribution >= 4 is 40.3 Å². The summed E-state index contributed by atoms with van der Waals surface area (Å²) < 4.78 is 2.45. The Labute approximate surface area is 269 Å². The van der Waals surface area contributed by atoms with Crippen LogP contribution < -0.4 is 10.4 Å². The molecule has 2 aromatic heterocycles. The molecule has 0 radical (unpaired) electrons. The van der Waals surface area contributed by atoms with E-state index in [0.29, 0.717) is 17.5 Å². The van der Waals surface area contributed by atoms with E-state index in [2.05, 4.69) is 139 Å². The maximum atomic E-state index is 5.12. The van der Waals surface area contributed by atoms with Crippen molar-refractivity contribution in [1.29, 1.82) is 0 Å². The molecule has 0 aliphatic carbocycles. The van der Waals surface area contributed by atoms with Crippen molar-refractivity contribution in [2.45, 2.75) is 13.1 Å². The van der Waals surface area contributed by atoms with Gasteiger partial charge in [-0.15, -0.1) is 0 Å². The molecule has 2 heterocycles. The van der Waals surface area contributed by atoms with Gasteiger partial charge in [0.1, 0.15) is 8.07 Å². The maximum Gasteiger partial charge on any atom is 0.164 e. The van der Waals surface area contributed by atoms with E-state index in [1.165, 1.54) is 37.9 Å². The topological polar surface area (TPSA) is 43.6 Å². The lowest BCUT2D eigenvalue weighted by molar-refractivity contribution is 1.08. The number of benzene rings is 6. The van der Waals surface area contributed by atoms with Crippen LogP contribution in [0, 0.1) is 0 Å². The van der Waals surface area contributed by atoms with Gasteiger partial charge in [0.25, 0.3) is 0 Å². The van der Waals surface area contributed by atoms with Crippen molar-refractivity contribution in [3.63, 3.8) is 0 Å². The van der Waals surface area contributed by atoms with Crippen LogP contribution in [0.4, 0.5) is 0 Å². The highest BCUT2D eigenvalue weighted by Crippen LogP contribution is 2.32. The lowest BCUT2D eigenvalue weighted by Crippen LogP contribution is -2.55. The largest absolute Gasteiger partial charge is 0.309 e. The number of rotatable bonds is 6. The van der Waals surface area contributed by atoms with E-state index in [1.807, 2.05) is 36.4 Å². The van der Waals surface area contributed by atoms with Crippen molar-refractivity contribution in [2.24, 2.45) is 0 Å². The van der Waals surface area contributed by atoms with Crippen molar-refractivity contribution < 1.29 is 0 Å². The molecule has 0 unspecified atom stereocenters. The molecule has 0 atom stereocenters. The second-order valence-electron chi connectivity index (χ2n) is 12.1. The molecule has 0 saturated carbocycles. The Morgan fingerprint density at radius 1 is 0.413 bits per heavy atom. The zero-order valence-electron chi connectivity index (χ0n) is 25.8. The second kappa shape index (κ2) is 11.4. The number of nitrogens with zero attached hydrogens (tertiary/aromatic N) is 4. The molecule has 5 heteroatoms. The van der Waals surface area contributed by atoms with E-state index in [4.69, 9.17) is 15.0 Å². The Hall–Kier alpha value is -5.65. The number of fused-ring (bicyclic) bond motifs is 3. The van der Waals surface area contributed by atoms with Crippen molar-refractivity contribution in [2.75, 3.05) is 0 Å². The van der Waals surface area contributed by atoms with E-state index >= 15 is 0 Å². The summed E-state index contributed by atoms with van der Waals surface area (Å²) in [6.07, 6.45) is 0. The molecule has 0 N–H and O–H groups in total. The first-order valence-corrected chi connectivity index (χ1v) is 18.6. The van der Waals surface area contributed by atoms with Crippen LogP contribution in [0.2, 0.25) is 13.1 Å². The molecule has 0 aliphatic rings. The molecule has 0 amide bonds. The monoisotopic (exact) mass is 608 g/mol. The second-order valence-corrected chi connectivity index (χ2v) is 16.4. The summed E-state index contributed by atoms with van der Waals surface area (Å²) in [6, 6.07) is 55.4. The molecule has 8 aromatic rings. The van der Waals surface area contributed by atoms with Gasteiger partial charge in [-0.1, -0.05) is 153 Å². The van der Waals surface area contributed by atoms with Crippen LogP contribution in [-0.4, -0.2) is 27.6 Å². The summed E-state index contributed by atoms with van der Waals surface area (Å²) in [7, 11) is -2.37. The van der Waals surface area contributed by atoms with Crippen LogP contribution in [0.3, 0.4) is 0 Å². The van der Waals surface area contributed by atoms with Gasteiger partial charge in [0.15, 0.2) is 17.5 Å². The molecule has 0 bridgehead atoms. The van der Waals surface area contributed by atoms with Crippen LogP contribution in [0.15, 0.2) is 158 Å². The first-order valence-electron chi connectivity index (χ1n) is 15.6. The maximum absolute atomic E-state index is 5.12. The van der Waals surface area contributed by atoms with Crippen molar-refractivity contribution in [1.82, 2.24) is 19.5 Å². The Balaban J connectivity index is 1.34. The minimum Gasteiger partial charge on any atom is -0.309 e. The highest BCUT2D eigenvalue weighted by atomic mass is 28.3. The SMILES string of the molecule is C[Si](C)(c1ccccc1-c1nc(-c2ccccc2)nc(-c2ccccc2)n1)c1ccccc1-n1c2ccccc2c2ccccc21. The number of hydrogen-bond acceptors (Lipinski definition) is 3. The molecule has 0 saturated heterocycles. The molecule has 0 spiro atoms. The van der Waals surface area contributed by atoms with Gasteiger partial charge >= 0.3 is 0 Å². The first-order chi connectivity index (χ1) is 22.6. The quantitative estimate of drug-likeness (QED) is 0.177. The van der Waals surface area contributed by atoms with Gasteiger partial charge in [-0.2, -0.15) is 0 Å². The Morgan fingerprint density at radius 2 is 0.848 bits per heavy atom. The lowest BCUT2D eigenvalue weighted by Gasteiger charge is -2.29. The van der Waals surface area contributed by atoms with Gasteiger partial charge in [0.2, 0.25) is 0 Å². The lowest BCUT2D eigenvalue weighted by atomic mass is 10.1. The zero-order chi connectivity index (χ0) is 31.1. The fraction of sp³-hybridized carbons (Fsp3) is 0.0488. The van der Waals surface area contributed by atoms with E-state index in [-0.39, 0.29) is 0 Å². The number of para-hydroxylation sites is 3. The van der Waals surface area contributed by atoms with E-state index < -0.39 is 8.07 Å². The number of aromatic nitrogens is 4. The van der Waals surface area contributed by atoms with Crippen molar-refractivity contribution in [3.8, 4) is 39.9 Å². The number of hydrogen-bond donors (Lipinski definition) is 0. The highest BCUT2D eigenvalue weighted by molar-refractivity contribution is 7.01. The van der Waals surface area contributed by atoms with Crippen LogP contribution in [-0.2, 0) is 0 Å². The third-order valence-corrected chi connectivity index (χ3v) is 12.5. The summed E-state index contributed by atoms with van der Waals surface area (Å²) >= 11 is 0. The summed E-state index contributed by atoms with van der Waals surface area (Å²) in [6.45, 7) is 4.88. The normalized spacial score (nSPS) is 11.7. The van der Waals surface area contributed by atoms with Crippen LogP contribution in [0.5, 0.6) is 0 Å². The highest BCUT2D eigenvalue weighted by Gasteiger charge is 2.33. The molecule has 0 fully saturated rings. The van der Waals surface area contributed by atoms with Crippen LogP contribution in [0.1, 0.15) is 0 Å². The zero-order valence-corrected chi connectivity index (χ0v) is 26.8. The molecule has 8 rings (SSSR count). The summed E-state index contributed by atoms with van der Waals surface area (Å²) in [5.74, 6) is 2.03. The fourth-order valence-corrected chi connectivity index (χ4v) is 9.70. The summed E-state index contributed by atoms with van der Waals surface area (Å²) in [4.78, 5) is 15.2. The van der Waals surface area contributed by atoms with Gasteiger partial charge in [0.05, 0.1) is 11.0 Å². The van der Waals surface area contributed by atoms with Crippen LogP contribution in [0.25, 0.3) is 61.7 Å². The van der Waals surface area contributed by atoms with Gasteiger partial charge < -0.3 is 4.57 Å². The molecule has 220 valence electrons. The summed E-state index contributed by atoms with van der Waals surface area (Å²) in [5, 5.41) is 5.17. The Bertz CT molecular complexity index is 2230. The Kier molecular flexibility index (Phi) is 6.89. The van der Waals surface area contributed by atoms with Crippen molar-refractivity contribution in [3.05, 3.63) is 158 Å². The standard InChI is InChI=1S/C41H32N4Si/c1-46(2,38-28-16-14-26-36(38)45-34-24-12-9-21-31(34)32-22-10-13-25-35(32)45)37-27-15-11-23-33(37)41-43-39(29-17-5-3-6-18-29)42-40(44-41)30-19-7-4-8-20-30/h3-28H,1-2H3. The predicted octanol–water partition coefficient (Wildman–Crippen LogP) is 8.79. The fourth-order valence-electron chi connectivity index (χ4n) is 6.68. The van der Waals surface area contributed by atoms with Crippen LogP contribution >= 0.6 is 0 Å². The van der Waals surface area contributed by atoms with Gasteiger partial charge in [-0.25, -0.2) is 15.0 Å².